The van der Waals surface area contributed by atoms with Crippen molar-refractivity contribution in [1.29, 1.82) is 0 Å². The summed E-state index contributed by atoms with van der Waals surface area (Å²) in [4.78, 5) is 13.6. The Hall–Kier alpha value is -1.07. The van der Waals surface area contributed by atoms with Gasteiger partial charge in [-0.3, -0.25) is 4.79 Å². The molecule has 0 saturated heterocycles. The molecule has 0 radical (unpaired) electrons. The number of carbonyl (C=O) groups is 1. The molecular formula is C12H17FN2OS. The van der Waals surface area contributed by atoms with Crippen molar-refractivity contribution in [3.63, 3.8) is 0 Å². The zero-order chi connectivity index (χ0) is 12.7. The van der Waals surface area contributed by atoms with Crippen molar-refractivity contribution in [1.82, 2.24) is 4.90 Å². The van der Waals surface area contributed by atoms with Crippen LogP contribution in [0.5, 0.6) is 0 Å². The van der Waals surface area contributed by atoms with Crippen LogP contribution in [-0.4, -0.2) is 43.0 Å². The number of anilines is 1. The lowest BCUT2D eigenvalue weighted by Gasteiger charge is -2.08. The first-order chi connectivity index (χ1) is 8.08. The van der Waals surface area contributed by atoms with Crippen LogP contribution >= 0.6 is 11.8 Å². The summed E-state index contributed by atoms with van der Waals surface area (Å²) < 4.78 is 12.6. The van der Waals surface area contributed by atoms with E-state index in [1.807, 2.05) is 14.1 Å². The first-order valence-electron chi connectivity index (χ1n) is 5.36. The van der Waals surface area contributed by atoms with Gasteiger partial charge in [0.2, 0.25) is 5.91 Å². The molecule has 0 bridgehead atoms. The number of carbonyl (C=O) groups excluding carboxylic acids is 1. The smallest absolute Gasteiger partial charge is 0.234 e. The largest absolute Gasteiger partial charge is 0.325 e. The van der Waals surface area contributed by atoms with E-state index >= 15 is 0 Å². The summed E-state index contributed by atoms with van der Waals surface area (Å²) in [6, 6.07) is 5.76. The average molecular weight is 256 g/mol. The van der Waals surface area contributed by atoms with E-state index in [2.05, 4.69) is 10.2 Å². The predicted molar refractivity (Wildman–Crippen MR) is 70.9 cm³/mol. The number of nitrogens with one attached hydrogen (secondary N) is 1. The lowest BCUT2D eigenvalue weighted by Crippen LogP contribution is -2.18. The van der Waals surface area contributed by atoms with Gasteiger partial charge in [0.25, 0.3) is 0 Å². The second kappa shape index (κ2) is 7.29. The molecule has 94 valence electrons. The summed E-state index contributed by atoms with van der Waals surface area (Å²) in [6.45, 7) is 0.953. The standard InChI is InChI=1S/C12H17FN2OS/c1-15(2)7-8-17-9-12(16)14-11-5-3-10(13)4-6-11/h3-6H,7-9H2,1-2H3,(H,14,16). The summed E-state index contributed by atoms with van der Waals surface area (Å²) in [6.07, 6.45) is 0. The Morgan fingerprint density at radius 3 is 2.59 bits per heavy atom. The lowest BCUT2D eigenvalue weighted by atomic mass is 10.3. The van der Waals surface area contributed by atoms with Gasteiger partial charge in [0, 0.05) is 18.0 Å². The van der Waals surface area contributed by atoms with Crippen LogP contribution in [0.25, 0.3) is 0 Å². The maximum absolute atomic E-state index is 12.6. The summed E-state index contributed by atoms with van der Waals surface area (Å²) >= 11 is 1.58. The second-order valence-electron chi connectivity index (χ2n) is 3.91. The molecule has 1 amide bonds. The van der Waals surface area contributed by atoms with E-state index in [0.29, 0.717) is 11.4 Å². The molecule has 0 atom stereocenters. The van der Waals surface area contributed by atoms with Gasteiger partial charge in [0.1, 0.15) is 5.82 Å². The number of nitrogens with zero attached hydrogens (tertiary/aromatic N) is 1. The quantitative estimate of drug-likeness (QED) is 0.791. The van der Waals surface area contributed by atoms with Crippen LogP contribution in [0.2, 0.25) is 0 Å². The molecule has 5 heteroatoms. The van der Waals surface area contributed by atoms with Crippen LogP contribution in [0.1, 0.15) is 0 Å². The fourth-order valence-corrected chi connectivity index (χ4v) is 2.04. The van der Waals surface area contributed by atoms with E-state index in [4.69, 9.17) is 0 Å². The molecule has 0 aliphatic rings. The minimum Gasteiger partial charge on any atom is -0.325 e. The van der Waals surface area contributed by atoms with Crippen LogP contribution in [0, 0.1) is 5.82 Å². The van der Waals surface area contributed by atoms with Gasteiger partial charge in [0.15, 0.2) is 0 Å². The summed E-state index contributed by atoms with van der Waals surface area (Å²) in [7, 11) is 4.00. The van der Waals surface area contributed by atoms with Crippen LogP contribution in [-0.2, 0) is 4.79 Å². The van der Waals surface area contributed by atoms with E-state index < -0.39 is 0 Å². The SMILES string of the molecule is CN(C)CCSCC(=O)Nc1ccc(F)cc1. The van der Waals surface area contributed by atoms with Gasteiger partial charge in [-0.2, -0.15) is 11.8 Å². The minimum absolute atomic E-state index is 0.0552. The third-order valence-corrected chi connectivity index (χ3v) is 2.98. The summed E-state index contributed by atoms with van der Waals surface area (Å²) in [5.41, 5.74) is 0.629. The second-order valence-corrected chi connectivity index (χ2v) is 5.02. The molecule has 0 fully saturated rings. The fourth-order valence-electron chi connectivity index (χ4n) is 1.14. The molecule has 0 heterocycles. The van der Waals surface area contributed by atoms with Gasteiger partial charge >= 0.3 is 0 Å². The number of hydrogen-bond acceptors (Lipinski definition) is 3. The topological polar surface area (TPSA) is 32.3 Å². The Morgan fingerprint density at radius 1 is 1.35 bits per heavy atom. The Bertz CT molecular complexity index is 354. The van der Waals surface area contributed by atoms with E-state index in [0.717, 1.165) is 12.3 Å². The van der Waals surface area contributed by atoms with E-state index in [1.54, 1.807) is 23.9 Å². The lowest BCUT2D eigenvalue weighted by molar-refractivity contribution is -0.113. The number of benzene rings is 1. The Kier molecular flexibility index (Phi) is 6.00. The van der Waals surface area contributed by atoms with Gasteiger partial charge in [-0.25, -0.2) is 4.39 Å². The Morgan fingerprint density at radius 2 is 2.00 bits per heavy atom. The number of halogens is 1. The average Bonchev–Trinajstić information content (AvgIpc) is 2.27. The van der Waals surface area contributed by atoms with Crippen LogP contribution in [0.15, 0.2) is 24.3 Å². The highest BCUT2D eigenvalue weighted by Crippen LogP contribution is 2.09. The van der Waals surface area contributed by atoms with Crippen LogP contribution in [0.4, 0.5) is 10.1 Å². The van der Waals surface area contributed by atoms with E-state index in [1.165, 1.54) is 12.1 Å². The molecule has 3 nitrogen and oxygen atoms in total. The van der Waals surface area contributed by atoms with Crippen molar-refractivity contribution in [2.24, 2.45) is 0 Å². The molecule has 1 aromatic rings. The van der Waals surface area contributed by atoms with Crippen LogP contribution in [0.3, 0.4) is 0 Å². The maximum atomic E-state index is 12.6. The van der Waals surface area contributed by atoms with Crippen molar-refractivity contribution in [3.8, 4) is 0 Å². The van der Waals surface area contributed by atoms with E-state index in [-0.39, 0.29) is 11.7 Å². The predicted octanol–water partition coefficient (Wildman–Crippen LogP) is 2.06. The number of rotatable bonds is 6. The highest BCUT2D eigenvalue weighted by atomic mass is 32.2. The summed E-state index contributed by atoms with van der Waals surface area (Å²) in [5.74, 6) is 0.985. The zero-order valence-corrected chi connectivity index (χ0v) is 10.9. The highest BCUT2D eigenvalue weighted by molar-refractivity contribution is 7.99. The summed E-state index contributed by atoms with van der Waals surface area (Å²) in [5, 5.41) is 2.72. The molecule has 1 N–H and O–H groups in total. The molecule has 0 saturated carbocycles. The monoisotopic (exact) mass is 256 g/mol. The van der Waals surface area contributed by atoms with E-state index in [9.17, 15) is 9.18 Å². The molecule has 1 aromatic carbocycles. The van der Waals surface area contributed by atoms with Crippen molar-refractivity contribution in [3.05, 3.63) is 30.1 Å². The number of thioether (sulfide) groups is 1. The van der Waals surface area contributed by atoms with Gasteiger partial charge < -0.3 is 10.2 Å². The van der Waals surface area contributed by atoms with Crippen molar-refractivity contribution >= 4 is 23.4 Å². The Labute approximate surface area is 105 Å². The first-order valence-corrected chi connectivity index (χ1v) is 6.51. The normalized spacial score (nSPS) is 10.6. The molecule has 0 spiro atoms. The number of amides is 1. The molecule has 0 aromatic heterocycles. The van der Waals surface area contributed by atoms with Crippen molar-refractivity contribution in [2.45, 2.75) is 0 Å². The minimum atomic E-state index is -0.302. The maximum Gasteiger partial charge on any atom is 0.234 e. The molecular weight excluding hydrogens is 239 g/mol. The molecule has 0 aliphatic carbocycles. The third kappa shape index (κ3) is 6.28. The zero-order valence-electron chi connectivity index (χ0n) is 10.1. The first kappa shape index (κ1) is 14.0. The third-order valence-electron chi connectivity index (χ3n) is 2.04. The van der Waals surface area contributed by atoms with Crippen molar-refractivity contribution in [2.75, 3.05) is 37.5 Å². The van der Waals surface area contributed by atoms with Gasteiger partial charge in [-0.1, -0.05) is 0 Å². The van der Waals surface area contributed by atoms with Gasteiger partial charge in [-0.05, 0) is 38.4 Å². The van der Waals surface area contributed by atoms with Crippen molar-refractivity contribution < 1.29 is 9.18 Å². The molecule has 0 unspecified atom stereocenters. The van der Waals surface area contributed by atoms with Gasteiger partial charge in [-0.15, -0.1) is 0 Å². The molecule has 1 rings (SSSR count). The van der Waals surface area contributed by atoms with Crippen LogP contribution < -0.4 is 5.32 Å². The Balaban J connectivity index is 2.23. The number of hydrogen-bond donors (Lipinski definition) is 1. The van der Waals surface area contributed by atoms with Gasteiger partial charge in [0.05, 0.1) is 5.75 Å². The molecule has 0 aliphatic heterocycles. The molecule has 17 heavy (non-hydrogen) atoms. The highest BCUT2D eigenvalue weighted by Gasteiger charge is 2.02. The fraction of sp³-hybridized carbons (Fsp3) is 0.417.